The van der Waals surface area contributed by atoms with Crippen LogP contribution in [0.2, 0.25) is 0 Å². The number of ether oxygens (including phenoxy) is 3. The molecule has 0 atom stereocenters. The van der Waals surface area contributed by atoms with Gasteiger partial charge in [0.1, 0.15) is 12.4 Å². The smallest absolute Gasteiger partial charge is 0.194 e. The Morgan fingerprint density at radius 3 is 2.24 bits per heavy atom. The number of halogens is 3. The first-order valence-corrected chi connectivity index (χ1v) is 10.6. The quantitative estimate of drug-likeness (QED) is 0.291. The number of aryl methyl sites for hydroxylation is 2. The maximum absolute atomic E-state index is 13.7. The molecule has 0 aliphatic rings. The number of thiophene rings is 2. The molecule has 0 N–H and O–H groups in total. The number of benzene rings is 1. The number of hydrogen-bond donors (Lipinski definition) is 0. The summed E-state index contributed by atoms with van der Waals surface area (Å²) in [6.07, 6.45) is 0. The molecule has 29 heavy (non-hydrogen) atoms. The summed E-state index contributed by atoms with van der Waals surface area (Å²) in [6, 6.07) is 5.82. The Hall–Kier alpha value is -1.87. The van der Waals surface area contributed by atoms with Gasteiger partial charge in [-0.25, -0.2) is 13.2 Å². The number of hydrogen-bond acceptors (Lipinski definition) is 5. The zero-order valence-electron chi connectivity index (χ0n) is 16.3. The van der Waals surface area contributed by atoms with Crippen LogP contribution in [0.5, 0.6) is 5.75 Å². The van der Waals surface area contributed by atoms with E-state index in [1.165, 1.54) is 22.7 Å². The summed E-state index contributed by atoms with van der Waals surface area (Å²) in [7, 11) is 1.62. The van der Waals surface area contributed by atoms with Crippen molar-refractivity contribution in [1.82, 2.24) is 0 Å². The maximum Gasteiger partial charge on any atom is 0.194 e. The molecule has 3 aromatic rings. The van der Waals surface area contributed by atoms with Crippen molar-refractivity contribution < 1.29 is 27.4 Å². The van der Waals surface area contributed by atoms with Crippen LogP contribution in [0.3, 0.4) is 0 Å². The van der Waals surface area contributed by atoms with Gasteiger partial charge in [-0.1, -0.05) is 0 Å². The van der Waals surface area contributed by atoms with E-state index in [2.05, 4.69) is 0 Å². The summed E-state index contributed by atoms with van der Waals surface area (Å²) in [5.41, 5.74) is 0.974. The molecule has 0 radical (unpaired) electrons. The number of methoxy groups -OCH3 is 1. The van der Waals surface area contributed by atoms with Gasteiger partial charge >= 0.3 is 0 Å². The molecule has 0 spiro atoms. The Balaban J connectivity index is 1.82. The zero-order valence-corrected chi connectivity index (χ0v) is 17.9. The SMILES string of the molecule is COCCOCCOc1cc(-c2sc(C)cc2-c2cc(F)c(F)c(F)c2)sc1C. The molecule has 0 amide bonds. The van der Waals surface area contributed by atoms with Gasteiger partial charge in [0.2, 0.25) is 0 Å². The van der Waals surface area contributed by atoms with Crippen molar-refractivity contribution in [2.45, 2.75) is 13.8 Å². The van der Waals surface area contributed by atoms with Crippen LogP contribution in [0.4, 0.5) is 13.2 Å². The fraction of sp³-hybridized carbons (Fsp3) is 0.333. The van der Waals surface area contributed by atoms with Crippen molar-refractivity contribution in [3.63, 3.8) is 0 Å². The van der Waals surface area contributed by atoms with Crippen LogP contribution in [0.25, 0.3) is 20.9 Å². The molecular weight excluding hydrogens is 421 g/mol. The van der Waals surface area contributed by atoms with E-state index in [1.807, 2.05) is 26.0 Å². The molecular formula is C21H21F3O3S2. The van der Waals surface area contributed by atoms with Crippen LogP contribution in [-0.4, -0.2) is 33.5 Å². The molecule has 156 valence electrons. The van der Waals surface area contributed by atoms with Crippen LogP contribution in [-0.2, 0) is 9.47 Å². The lowest BCUT2D eigenvalue weighted by Gasteiger charge is -2.06. The minimum absolute atomic E-state index is 0.306. The minimum Gasteiger partial charge on any atom is -0.490 e. The summed E-state index contributed by atoms with van der Waals surface area (Å²) in [4.78, 5) is 3.77. The third kappa shape index (κ3) is 5.19. The third-order valence-electron chi connectivity index (χ3n) is 4.16. The second-order valence-electron chi connectivity index (χ2n) is 6.34. The van der Waals surface area contributed by atoms with Gasteiger partial charge in [-0.3, -0.25) is 0 Å². The number of rotatable bonds is 9. The summed E-state index contributed by atoms with van der Waals surface area (Å²) < 4.78 is 56.9. The molecule has 0 saturated heterocycles. The van der Waals surface area contributed by atoms with Crippen LogP contribution in [0.1, 0.15) is 9.75 Å². The molecule has 0 aliphatic heterocycles. The van der Waals surface area contributed by atoms with Crippen molar-refractivity contribution in [2.24, 2.45) is 0 Å². The van der Waals surface area contributed by atoms with Crippen molar-refractivity contribution >= 4 is 22.7 Å². The van der Waals surface area contributed by atoms with E-state index >= 15 is 0 Å². The first kappa shape index (κ1) is 21.8. The summed E-state index contributed by atoms with van der Waals surface area (Å²) in [5.74, 6) is -3.12. The normalized spacial score (nSPS) is 11.2. The largest absolute Gasteiger partial charge is 0.490 e. The van der Waals surface area contributed by atoms with Gasteiger partial charge in [0.05, 0.1) is 24.7 Å². The highest BCUT2D eigenvalue weighted by atomic mass is 32.1. The van der Waals surface area contributed by atoms with Gasteiger partial charge in [0.15, 0.2) is 17.5 Å². The predicted octanol–water partition coefficient (Wildman–Crippen LogP) is 6.22. The highest BCUT2D eigenvalue weighted by Crippen LogP contribution is 2.45. The lowest BCUT2D eigenvalue weighted by molar-refractivity contribution is 0.0544. The summed E-state index contributed by atoms with van der Waals surface area (Å²) >= 11 is 3.05. The first-order chi connectivity index (χ1) is 13.9. The topological polar surface area (TPSA) is 27.7 Å². The Morgan fingerprint density at radius 1 is 0.862 bits per heavy atom. The van der Waals surface area contributed by atoms with Gasteiger partial charge in [-0.05, 0) is 43.7 Å². The van der Waals surface area contributed by atoms with Crippen LogP contribution in [0.15, 0.2) is 24.3 Å². The highest BCUT2D eigenvalue weighted by Gasteiger charge is 2.19. The molecule has 0 saturated carbocycles. The van der Waals surface area contributed by atoms with Crippen molar-refractivity contribution in [1.29, 1.82) is 0 Å². The maximum atomic E-state index is 13.7. The van der Waals surface area contributed by atoms with E-state index in [4.69, 9.17) is 14.2 Å². The van der Waals surface area contributed by atoms with E-state index in [0.29, 0.717) is 37.6 Å². The van der Waals surface area contributed by atoms with E-state index < -0.39 is 17.5 Å². The fourth-order valence-corrected chi connectivity index (χ4v) is 4.91. The van der Waals surface area contributed by atoms with Gasteiger partial charge in [0, 0.05) is 27.3 Å². The summed E-state index contributed by atoms with van der Waals surface area (Å²) in [5, 5.41) is 0. The first-order valence-electron chi connectivity index (χ1n) is 8.96. The zero-order chi connectivity index (χ0) is 21.0. The lowest BCUT2D eigenvalue weighted by Crippen LogP contribution is -2.09. The molecule has 3 nitrogen and oxygen atoms in total. The van der Waals surface area contributed by atoms with E-state index in [1.54, 1.807) is 7.11 Å². The second kappa shape index (κ2) is 9.75. The summed E-state index contributed by atoms with van der Waals surface area (Å²) in [6.45, 7) is 5.77. The van der Waals surface area contributed by atoms with Gasteiger partial charge in [-0.2, -0.15) is 0 Å². The average Bonchev–Trinajstić information content (AvgIpc) is 3.25. The monoisotopic (exact) mass is 442 g/mol. The molecule has 0 unspecified atom stereocenters. The Labute approximate surface area is 175 Å². The predicted molar refractivity (Wildman–Crippen MR) is 111 cm³/mol. The van der Waals surface area contributed by atoms with Gasteiger partial charge < -0.3 is 14.2 Å². The molecule has 0 bridgehead atoms. The van der Waals surface area contributed by atoms with E-state index in [9.17, 15) is 13.2 Å². The van der Waals surface area contributed by atoms with Crippen LogP contribution < -0.4 is 4.74 Å². The second-order valence-corrected chi connectivity index (χ2v) is 8.85. The van der Waals surface area contributed by atoms with Crippen LogP contribution >= 0.6 is 22.7 Å². The minimum atomic E-state index is -1.46. The van der Waals surface area contributed by atoms with E-state index in [0.717, 1.165) is 37.4 Å². The molecule has 1 aromatic carbocycles. The van der Waals surface area contributed by atoms with Gasteiger partial charge in [0.25, 0.3) is 0 Å². The third-order valence-corrected chi connectivity index (χ3v) is 6.43. The average molecular weight is 443 g/mol. The molecule has 2 heterocycles. The molecule has 2 aromatic heterocycles. The van der Waals surface area contributed by atoms with E-state index in [-0.39, 0.29) is 0 Å². The molecule has 8 heteroatoms. The van der Waals surface area contributed by atoms with Crippen molar-refractivity contribution in [3.8, 4) is 26.6 Å². The molecule has 3 rings (SSSR count). The Bertz CT molecular complexity index is 959. The Morgan fingerprint density at radius 2 is 1.55 bits per heavy atom. The van der Waals surface area contributed by atoms with Gasteiger partial charge in [-0.15, -0.1) is 22.7 Å². The van der Waals surface area contributed by atoms with Crippen LogP contribution in [0, 0.1) is 31.3 Å². The highest BCUT2D eigenvalue weighted by molar-refractivity contribution is 7.22. The lowest BCUT2D eigenvalue weighted by atomic mass is 10.0. The molecule has 0 fully saturated rings. The van der Waals surface area contributed by atoms with Crippen molar-refractivity contribution in [2.75, 3.05) is 33.5 Å². The molecule has 0 aliphatic carbocycles. The standard InChI is InChI=1S/C21H21F3O3S2/c1-12-8-15(14-9-16(22)20(24)17(23)10-14)21(28-12)19-11-18(13(2)29-19)27-7-6-26-5-4-25-3/h8-11H,4-7H2,1-3H3. The Kier molecular flexibility index (Phi) is 7.34. The fourth-order valence-electron chi connectivity index (χ4n) is 2.80. The van der Waals surface area contributed by atoms with Crippen molar-refractivity contribution in [3.05, 3.63) is 51.5 Å².